The van der Waals surface area contributed by atoms with Crippen LogP contribution in [0, 0.1) is 0 Å². The Hall–Kier alpha value is -2.06. The van der Waals surface area contributed by atoms with Gasteiger partial charge < -0.3 is 10.1 Å². The number of rotatable bonds is 6. The Kier molecular flexibility index (Phi) is 4.53. The summed E-state index contributed by atoms with van der Waals surface area (Å²) in [4.78, 5) is 13.3. The fraction of sp³-hybridized carbons (Fsp3) is 0.467. The molecule has 0 unspecified atom stereocenters. The van der Waals surface area contributed by atoms with Gasteiger partial charge in [0, 0.05) is 24.5 Å². The Balaban J connectivity index is 1.88. The molecule has 0 aliphatic rings. The highest BCUT2D eigenvalue weighted by Crippen LogP contribution is 2.25. The number of nitrogens with zero attached hydrogens (tertiary/aromatic N) is 5. The van der Waals surface area contributed by atoms with Gasteiger partial charge in [-0.15, -0.1) is 11.3 Å². The molecular formula is C15H20N6OS. The molecule has 0 bridgehead atoms. The predicted octanol–water partition coefficient (Wildman–Crippen LogP) is 3.02. The molecule has 7 nitrogen and oxygen atoms in total. The zero-order chi connectivity index (χ0) is 16.4. The number of methoxy groups -OCH3 is 1. The summed E-state index contributed by atoms with van der Waals surface area (Å²) in [6, 6.07) is 1.99. The molecule has 0 radical (unpaired) electrons. The quantitative estimate of drug-likeness (QED) is 0.747. The van der Waals surface area contributed by atoms with Gasteiger partial charge in [0.15, 0.2) is 0 Å². The number of nitrogens with one attached hydrogen (secondary N) is 1. The van der Waals surface area contributed by atoms with Gasteiger partial charge in [0.25, 0.3) is 5.78 Å². The van der Waals surface area contributed by atoms with E-state index >= 15 is 0 Å². The molecule has 122 valence electrons. The van der Waals surface area contributed by atoms with Crippen molar-refractivity contribution >= 4 is 22.9 Å². The Labute approximate surface area is 138 Å². The smallest absolute Gasteiger partial charge is 0.254 e. The largest absolute Gasteiger partial charge is 0.378 e. The molecule has 3 aromatic heterocycles. The van der Waals surface area contributed by atoms with Gasteiger partial charge in [-0.05, 0) is 6.92 Å². The minimum atomic E-state index is 0.0592. The third kappa shape index (κ3) is 3.32. The summed E-state index contributed by atoms with van der Waals surface area (Å²) in [5, 5.41) is 10.9. The lowest BCUT2D eigenvalue weighted by Gasteiger charge is -2.14. The summed E-state index contributed by atoms with van der Waals surface area (Å²) >= 11 is 1.69. The van der Waals surface area contributed by atoms with Crippen LogP contribution in [0.5, 0.6) is 0 Å². The van der Waals surface area contributed by atoms with Crippen molar-refractivity contribution < 1.29 is 4.74 Å². The fourth-order valence-electron chi connectivity index (χ4n) is 2.25. The Morgan fingerprint density at radius 3 is 2.83 bits per heavy atom. The first-order chi connectivity index (χ1) is 11.1. The highest BCUT2D eigenvalue weighted by atomic mass is 32.1. The second kappa shape index (κ2) is 6.59. The molecule has 0 saturated heterocycles. The van der Waals surface area contributed by atoms with Crippen molar-refractivity contribution in [2.45, 2.75) is 39.3 Å². The van der Waals surface area contributed by atoms with Crippen LogP contribution in [0.4, 0.5) is 5.82 Å². The number of hydrogen-bond donors (Lipinski definition) is 1. The van der Waals surface area contributed by atoms with E-state index in [4.69, 9.17) is 9.72 Å². The molecule has 1 atom stereocenters. The minimum absolute atomic E-state index is 0.0592. The van der Waals surface area contributed by atoms with Gasteiger partial charge >= 0.3 is 0 Å². The van der Waals surface area contributed by atoms with Crippen LogP contribution in [-0.2, 0) is 11.3 Å². The lowest BCUT2D eigenvalue weighted by atomic mass is 10.2. The molecule has 3 heterocycles. The van der Waals surface area contributed by atoms with E-state index in [9.17, 15) is 0 Å². The SMILES string of the molecule is COCc1cc(N[C@@H](C)c2csc(C(C)C)n2)n2ncnc2n1. The monoisotopic (exact) mass is 332 g/mol. The van der Waals surface area contributed by atoms with Gasteiger partial charge in [0.1, 0.15) is 12.1 Å². The van der Waals surface area contributed by atoms with Crippen LogP contribution < -0.4 is 5.32 Å². The molecule has 0 aliphatic heterocycles. The average Bonchev–Trinajstić information content (AvgIpc) is 3.16. The van der Waals surface area contributed by atoms with Crippen LogP contribution in [0.25, 0.3) is 5.78 Å². The topological polar surface area (TPSA) is 77.2 Å². The zero-order valence-corrected chi connectivity index (χ0v) is 14.5. The number of hydrogen-bond acceptors (Lipinski definition) is 7. The second-order valence-corrected chi connectivity index (χ2v) is 6.56. The molecule has 0 amide bonds. The molecule has 0 saturated carbocycles. The highest BCUT2D eigenvalue weighted by Gasteiger charge is 2.15. The maximum absolute atomic E-state index is 5.17. The normalized spacial score (nSPS) is 12.9. The summed E-state index contributed by atoms with van der Waals surface area (Å²) in [5.74, 6) is 1.82. The molecule has 8 heteroatoms. The molecule has 3 aromatic rings. The fourth-order valence-corrected chi connectivity index (χ4v) is 3.18. The number of thiazole rings is 1. The first-order valence-corrected chi connectivity index (χ1v) is 8.37. The van der Waals surface area contributed by atoms with E-state index in [1.54, 1.807) is 23.0 Å². The maximum atomic E-state index is 5.17. The van der Waals surface area contributed by atoms with Gasteiger partial charge in [0.2, 0.25) is 0 Å². The minimum Gasteiger partial charge on any atom is -0.378 e. The molecule has 0 aromatic carbocycles. The van der Waals surface area contributed by atoms with Crippen LogP contribution >= 0.6 is 11.3 Å². The number of ether oxygens (including phenoxy) is 1. The van der Waals surface area contributed by atoms with Crippen molar-refractivity contribution in [3.8, 4) is 0 Å². The number of anilines is 1. The first kappa shape index (κ1) is 15.8. The van der Waals surface area contributed by atoms with Gasteiger partial charge in [0.05, 0.1) is 29.0 Å². The van der Waals surface area contributed by atoms with Crippen LogP contribution in [0.15, 0.2) is 17.8 Å². The summed E-state index contributed by atoms with van der Waals surface area (Å²) in [5.41, 5.74) is 1.83. The van der Waals surface area contributed by atoms with Crippen molar-refractivity contribution in [3.63, 3.8) is 0 Å². The third-order valence-electron chi connectivity index (χ3n) is 3.44. The molecular weight excluding hydrogens is 312 g/mol. The Morgan fingerprint density at radius 2 is 2.13 bits per heavy atom. The third-order valence-corrected chi connectivity index (χ3v) is 4.60. The molecule has 1 N–H and O–H groups in total. The van der Waals surface area contributed by atoms with Gasteiger partial charge in [-0.2, -0.15) is 14.6 Å². The van der Waals surface area contributed by atoms with E-state index in [1.165, 1.54) is 6.33 Å². The standard InChI is InChI=1S/C15H20N6OS/c1-9(2)14-20-12(7-23-14)10(3)18-13-5-11(6-22-4)19-15-16-8-17-21(13)15/h5,7-10,18H,6H2,1-4H3/t10-/m0/s1. The summed E-state index contributed by atoms with van der Waals surface area (Å²) in [7, 11) is 1.65. The van der Waals surface area contributed by atoms with Gasteiger partial charge in [-0.3, -0.25) is 0 Å². The van der Waals surface area contributed by atoms with E-state index in [0.717, 1.165) is 22.2 Å². The Morgan fingerprint density at radius 1 is 1.30 bits per heavy atom. The van der Waals surface area contributed by atoms with Crippen LogP contribution in [-0.4, -0.2) is 31.7 Å². The first-order valence-electron chi connectivity index (χ1n) is 7.49. The lowest BCUT2D eigenvalue weighted by Crippen LogP contribution is -2.12. The number of fused-ring (bicyclic) bond motifs is 1. The van der Waals surface area contributed by atoms with Crippen LogP contribution in [0.3, 0.4) is 0 Å². The van der Waals surface area contributed by atoms with Gasteiger partial charge in [-0.1, -0.05) is 13.8 Å². The second-order valence-electron chi connectivity index (χ2n) is 5.67. The highest BCUT2D eigenvalue weighted by molar-refractivity contribution is 7.09. The average molecular weight is 332 g/mol. The van der Waals surface area contributed by atoms with E-state index < -0.39 is 0 Å². The van der Waals surface area contributed by atoms with Gasteiger partial charge in [-0.25, -0.2) is 9.97 Å². The molecule has 23 heavy (non-hydrogen) atoms. The number of aromatic nitrogens is 5. The van der Waals surface area contributed by atoms with E-state index in [-0.39, 0.29) is 6.04 Å². The van der Waals surface area contributed by atoms with Crippen molar-refractivity contribution in [3.05, 3.63) is 34.2 Å². The zero-order valence-electron chi connectivity index (χ0n) is 13.6. The van der Waals surface area contributed by atoms with Crippen molar-refractivity contribution in [2.75, 3.05) is 12.4 Å². The van der Waals surface area contributed by atoms with Crippen LogP contribution in [0.2, 0.25) is 0 Å². The summed E-state index contributed by atoms with van der Waals surface area (Å²) in [6.45, 7) is 6.82. The van der Waals surface area contributed by atoms with E-state index in [0.29, 0.717) is 18.3 Å². The van der Waals surface area contributed by atoms with E-state index in [1.807, 2.05) is 6.07 Å². The Bertz CT molecular complexity index is 796. The predicted molar refractivity (Wildman–Crippen MR) is 89.7 cm³/mol. The van der Waals surface area contributed by atoms with E-state index in [2.05, 4.69) is 46.5 Å². The van der Waals surface area contributed by atoms with Crippen molar-refractivity contribution in [1.29, 1.82) is 0 Å². The summed E-state index contributed by atoms with van der Waals surface area (Å²) < 4.78 is 6.86. The molecule has 0 spiro atoms. The maximum Gasteiger partial charge on any atom is 0.254 e. The molecule has 0 fully saturated rings. The van der Waals surface area contributed by atoms with Crippen molar-refractivity contribution in [1.82, 2.24) is 24.6 Å². The van der Waals surface area contributed by atoms with Crippen LogP contribution in [0.1, 0.15) is 49.1 Å². The lowest BCUT2D eigenvalue weighted by molar-refractivity contribution is 0.181. The molecule has 3 rings (SSSR count). The summed E-state index contributed by atoms with van der Waals surface area (Å²) in [6.07, 6.45) is 1.49. The van der Waals surface area contributed by atoms with Crippen molar-refractivity contribution in [2.24, 2.45) is 0 Å². The molecule has 0 aliphatic carbocycles.